The van der Waals surface area contributed by atoms with E-state index in [-0.39, 0.29) is 11.8 Å². The van der Waals surface area contributed by atoms with Crippen LogP contribution >= 0.6 is 0 Å². The van der Waals surface area contributed by atoms with Gasteiger partial charge in [-0.1, -0.05) is 12.8 Å². The molecule has 1 aromatic carbocycles. The topological polar surface area (TPSA) is 48.0 Å². The number of amides is 1. The highest BCUT2D eigenvalue weighted by Crippen LogP contribution is 2.30. The number of rotatable bonds is 6. The van der Waals surface area contributed by atoms with Crippen LogP contribution in [0.3, 0.4) is 0 Å². The molecule has 1 aliphatic carbocycles. The average Bonchev–Trinajstić information content (AvgIpc) is 3.45. The zero-order valence-electron chi connectivity index (χ0n) is 21.1. The highest BCUT2D eigenvalue weighted by Gasteiger charge is 2.32. The van der Waals surface area contributed by atoms with E-state index in [1.165, 1.54) is 57.3 Å². The predicted molar refractivity (Wildman–Crippen MR) is 138 cm³/mol. The quantitative estimate of drug-likeness (QED) is 0.678. The summed E-state index contributed by atoms with van der Waals surface area (Å²) in [4.78, 5) is 20.3. The number of nitrogens with zero attached hydrogens (tertiary/aromatic N) is 3. The van der Waals surface area contributed by atoms with Crippen LogP contribution in [0.1, 0.15) is 58.3 Å². The Hall–Kier alpha value is -1.63. The minimum absolute atomic E-state index is 0.203. The van der Waals surface area contributed by atoms with E-state index in [1.54, 1.807) is 0 Å². The molecule has 1 atom stereocenters. The fraction of sp³-hybridized carbons (Fsp3) is 0.750. The number of morpholine rings is 1. The smallest absolute Gasteiger partial charge is 0.227 e. The van der Waals surface area contributed by atoms with E-state index in [1.807, 2.05) is 0 Å². The van der Waals surface area contributed by atoms with Crippen LogP contribution in [0.15, 0.2) is 24.3 Å². The van der Waals surface area contributed by atoms with Gasteiger partial charge in [0.1, 0.15) is 0 Å². The third kappa shape index (κ3) is 5.77. The number of carbonyl (C=O) groups is 1. The first-order chi connectivity index (χ1) is 16.7. The monoisotopic (exact) mass is 468 g/mol. The van der Waals surface area contributed by atoms with Gasteiger partial charge in [-0.2, -0.15) is 0 Å². The van der Waals surface area contributed by atoms with Gasteiger partial charge >= 0.3 is 0 Å². The van der Waals surface area contributed by atoms with Gasteiger partial charge in [-0.25, -0.2) is 0 Å². The summed E-state index contributed by atoms with van der Waals surface area (Å²) < 4.78 is 5.54. The maximum atomic E-state index is 12.4. The standard InChI is InChI=1S/C28H44N4O2/c1-22(30-18-20-34-21-19-30)23-10-14-31(15-11-23)27-12-16-32(17-13-27)26-8-6-25(7-9-26)29-28(33)24-4-2-3-5-24/h6-9,22-24,27H,2-5,10-21H2,1H3,(H,29,33)/t22-/m0/s1. The molecule has 1 aromatic rings. The second-order valence-electron chi connectivity index (χ2n) is 11.0. The zero-order chi connectivity index (χ0) is 23.3. The van der Waals surface area contributed by atoms with E-state index < -0.39 is 0 Å². The largest absolute Gasteiger partial charge is 0.379 e. The Morgan fingerprint density at radius 2 is 1.53 bits per heavy atom. The van der Waals surface area contributed by atoms with Crippen LogP contribution in [0.25, 0.3) is 0 Å². The average molecular weight is 469 g/mol. The Bertz CT molecular complexity index is 772. The second-order valence-corrected chi connectivity index (χ2v) is 11.0. The first-order valence-electron chi connectivity index (χ1n) is 13.9. The SMILES string of the molecule is C[C@@H](C1CCN(C2CCN(c3ccc(NC(=O)C4CCCC4)cc3)CC2)CC1)N1CCOCC1. The minimum atomic E-state index is 0.203. The summed E-state index contributed by atoms with van der Waals surface area (Å²) in [5, 5.41) is 3.12. The molecule has 34 heavy (non-hydrogen) atoms. The van der Waals surface area contributed by atoms with Gasteiger partial charge in [0.2, 0.25) is 5.91 Å². The Kier molecular flexibility index (Phi) is 8.08. The van der Waals surface area contributed by atoms with Crippen molar-refractivity contribution in [3.05, 3.63) is 24.3 Å². The Morgan fingerprint density at radius 1 is 0.882 bits per heavy atom. The fourth-order valence-corrected chi connectivity index (χ4v) is 6.73. The molecular weight excluding hydrogens is 424 g/mol. The third-order valence-electron chi connectivity index (χ3n) is 9.08. The van der Waals surface area contributed by atoms with Crippen LogP contribution in [-0.4, -0.2) is 80.3 Å². The van der Waals surface area contributed by atoms with Gasteiger partial charge in [0.25, 0.3) is 0 Å². The normalized spacial score (nSPS) is 25.5. The molecule has 6 heteroatoms. The van der Waals surface area contributed by atoms with Crippen molar-refractivity contribution in [3.63, 3.8) is 0 Å². The van der Waals surface area contributed by atoms with Gasteiger partial charge in [0, 0.05) is 55.6 Å². The predicted octanol–water partition coefficient (Wildman–Crippen LogP) is 4.22. The van der Waals surface area contributed by atoms with E-state index in [9.17, 15) is 4.79 Å². The van der Waals surface area contributed by atoms with E-state index in [0.717, 1.165) is 69.9 Å². The van der Waals surface area contributed by atoms with Crippen molar-refractivity contribution < 1.29 is 9.53 Å². The molecular formula is C28H44N4O2. The number of anilines is 2. The summed E-state index contributed by atoms with van der Waals surface area (Å²) in [6, 6.07) is 9.95. The lowest BCUT2D eigenvalue weighted by Gasteiger charge is -2.45. The summed E-state index contributed by atoms with van der Waals surface area (Å²) in [6.07, 6.45) is 9.66. The van der Waals surface area contributed by atoms with Crippen LogP contribution in [0, 0.1) is 11.8 Å². The van der Waals surface area contributed by atoms with Crippen LogP contribution < -0.4 is 10.2 Å². The number of benzene rings is 1. The van der Waals surface area contributed by atoms with Gasteiger partial charge in [-0.15, -0.1) is 0 Å². The maximum Gasteiger partial charge on any atom is 0.227 e. The molecule has 3 heterocycles. The van der Waals surface area contributed by atoms with E-state index in [4.69, 9.17) is 4.74 Å². The molecule has 4 fully saturated rings. The molecule has 188 valence electrons. The Balaban J connectivity index is 1.05. The number of carbonyl (C=O) groups excluding carboxylic acids is 1. The van der Waals surface area contributed by atoms with Crippen molar-refractivity contribution in [2.75, 3.05) is 62.7 Å². The molecule has 0 aromatic heterocycles. The van der Waals surface area contributed by atoms with Crippen molar-refractivity contribution >= 4 is 17.3 Å². The van der Waals surface area contributed by atoms with Gasteiger partial charge in [-0.05, 0) is 88.7 Å². The molecule has 1 N–H and O–H groups in total. The molecule has 0 unspecified atom stereocenters. The minimum Gasteiger partial charge on any atom is -0.379 e. The summed E-state index contributed by atoms with van der Waals surface area (Å²) in [6.45, 7) is 11.2. The van der Waals surface area contributed by atoms with Crippen molar-refractivity contribution in [1.82, 2.24) is 9.80 Å². The Labute approximate surface area is 206 Å². The van der Waals surface area contributed by atoms with E-state index >= 15 is 0 Å². The summed E-state index contributed by atoms with van der Waals surface area (Å²) in [5.74, 6) is 1.25. The number of hydrogen-bond donors (Lipinski definition) is 1. The summed E-state index contributed by atoms with van der Waals surface area (Å²) in [7, 11) is 0. The van der Waals surface area contributed by atoms with Gasteiger partial charge in [-0.3, -0.25) is 9.69 Å². The van der Waals surface area contributed by atoms with Gasteiger partial charge in [0.15, 0.2) is 0 Å². The maximum absolute atomic E-state index is 12.4. The summed E-state index contributed by atoms with van der Waals surface area (Å²) >= 11 is 0. The molecule has 0 bridgehead atoms. The number of hydrogen-bond acceptors (Lipinski definition) is 5. The molecule has 3 saturated heterocycles. The van der Waals surface area contributed by atoms with E-state index in [0.29, 0.717) is 6.04 Å². The highest BCUT2D eigenvalue weighted by molar-refractivity contribution is 5.92. The summed E-state index contributed by atoms with van der Waals surface area (Å²) in [5.41, 5.74) is 2.22. The highest BCUT2D eigenvalue weighted by atomic mass is 16.5. The van der Waals surface area contributed by atoms with Crippen molar-refractivity contribution in [3.8, 4) is 0 Å². The third-order valence-corrected chi connectivity index (χ3v) is 9.08. The van der Waals surface area contributed by atoms with Crippen LogP contribution in [0.5, 0.6) is 0 Å². The molecule has 0 spiro atoms. The van der Waals surface area contributed by atoms with Crippen LogP contribution in [0.2, 0.25) is 0 Å². The van der Waals surface area contributed by atoms with Gasteiger partial charge in [0.05, 0.1) is 13.2 Å². The molecule has 1 amide bonds. The number of piperidine rings is 2. The Morgan fingerprint density at radius 3 is 2.18 bits per heavy atom. The van der Waals surface area contributed by atoms with Crippen molar-refractivity contribution in [1.29, 1.82) is 0 Å². The molecule has 3 aliphatic heterocycles. The lowest BCUT2D eigenvalue weighted by molar-refractivity contribution is -0.119. The number of likely N-dealkylation sites (tertiary alicyclic amines) is 1. The molecule has 1 saturated carbocycles. The van der Waals surface area contributed by atoms with Crippen molar-refractivity contribution in [2.45, 2.75) is 70.4 Å². The van der Waals surface area contributed by atoms with Gasteiger partial charge < -0.3 is 19.9 Å². The van der Waals surface area contributed by atoms with Crippen molar-refractivity contribution in [2.24, 2.45) is 11.8 Å². The number of nitrogens with one attached hydrogen (secondary N) is 1. The lowest BCUT2D eigenvalue weighted by atomic mass is 9.87. The fourth-order valence-electron chi connectivity index (χ4n) is 6.73. The second kappa shape index (κ2) is 11.4. The molecule has 0 radical (unpaired) electrons. The molecule has 4 aliphatic rings. The molecule has 6 nitrogen and oxygen atoms in total. The first-order valence-corrected chi connectivity index (χ1v) is 13.9. The zero-order valence-corrected chi connectivity index (χ0v) is 21.1. The van der Waals surface area contributed by atoms with Crippen LogP contribution in [0.4, 0.5) is 11.4 Å². The lowest BCUT2D eigenvalue weighted by Crippen LogP contribution is -2.51. The first kappa shape index (κ1) is 24.1. The van der Waals surface area contributed by atoms with Crippen LogP contribution in [-0.2, 0) is 9.53 Å². The molecule has 5 rings (SSSR count). The number of ether oxygens (including phenoxy) is 1. The van der Waals surface area contributed by atoms with E-state index in [2.05, 4.69) is 51.2 Å².